The fraction of sp³-hybridized carbons (Fsp3) is 0.300. The number of aromatic nitrogens is 2. The van der Waals surface area contributed by atoms with Crippen LogP contribution in [-0.4, -0.2) is 27.7 Å². The predicted molar refractivity (Wildman–Crippen MR) is 56.8 cm³/mol. The van der Waals surface area contributed by atoms with Gasteiger partial charge in [0.25, 0.3) is 5.56 Å². The largest absolute Gasteiger partial charge is 0.493 e. The van der Waals surface area contributed by atoms with Gasteiger partial charge in [-0.25, -0.2) is 4.98 Å². The Labute approximate surface area is 91.6 Å². The molecule has 0 aliphatic carbocycles. The number of ether oxygens (including phenoxy) is 1. The van der Waals surface area contributed by atoms with Crippen LogP contribution in [0.3, 0.4) is 0 Å². The first kappa shape index (κ1) is 12.0. The zero-order valence-electron chi connectivity index (χ0n) is 8.77. The number of aromatic hydroxyl groups is 1. The lowest BCUT2D eigenvalue weighted by Crippen LogP contribution is -2.09. The summed E-state index contributed by atoms with van der Waals surface area (Å²) in [5, 5.41) is 9.26. The van der Waals surface area contributed by atoms with Crippen LogP contribution in [0.5, 0.6) is 5.88 Å². The van der Waals surface area contributed by atoms with E-state index in [4.69, 9.17) is 0 Å². The van der Waals surface area contributed by atoms with Gasteiger partial charge in [0.2, 0.25) is 5.88 Å². The third-order valence-corrected chi connectivity index (χ3v) is 1.74. The lowest BCUT2D eigenvalue weighted by atomic mass is 10.2. The zero-order valence-corrected chi connectivity index (χ0v) is 8.77. The number of nitrogens with one attached hydrogen (secondary N) is 1. The highest BCUT2D eigenvalue weighted by molar-refractivity contribution is 5.72. The zero-order chi connectivity index (χ0) is 12.0. The number of hydrogen-bond acceptors (Lipinski definition) is 5. The maximum Gasteiger partial charge on any atom is 0.309 e. The van der Waals surface area contributed by atoms with Crippen LogP contribution in [-0.2, 0) is 9.53 Å². The van der Waals surface area contributed by atoms with E-state index in [1.54, 1.807) is 6.92 Å². The van der Waals surface area contributed by atoms with E-state index in [9.17, 15) is 14.7 Å². The molecule has 0 bridgehead atoms. The Morgan fingerprint density at radius 3 is 3.06 bits per heavy atom. The van der Waals surface area contributed by atoms with Crippen LogP contribution in [0.4, 0.5) is 0 Å². The van der Waals surface area contributed by atoms with Crippen molar-refractivity contribution in [3.63, 3.8) is 0 Å². The molecule has 0 aromatic carbocycles. The van der Waals surface area contributed by atoms with Crippen molar-refractivity contribution in [2.75, 3.05) is 6.61 Å². The molecule has 1 aromatic rings. The highest BCUT2D eigenvalue weighted by Crippen LogP contribution is 2.08. The SMILES string of the molecule is CCOC(=O)CC=Cc1c(O)nc[nH]c1=O. The molecule has 86 valence electrons. The van der Waals surface area contributed by atoms with Crippen molar-refractivity contribution in [1.29, 1.82) is 0 Å². The first-order valence-corrected chi connectivity index (χ1v) is 4.74. The molecule has 0 atom stereocenters. The quantitative estimate of drug-likeness (QED) is 0.724. The average molecular weight is 224 g/mol. The molecule has 2 N–H and O–H groups in total. The lowest BCUT2D eigenvalue weighted by molar-refractivity contribution is -0.142. The minimum Gasteiger partial charge on any atom is -0.493 e. The normalized spacial score (nSPS) is 10.6. The van der Waals surface area contributed by atoms with Gasteiger partial charge in [0.15, 0.2) is 0 Å². The molecule has 0 amide bonds. The highest BCUT2D eigenvalue weighted by atomic mass is 16.5. The molecular weight excluding hydrogens is 212 g/mol. The number of nitrogens with zero attached hydrogens (tertiary/aromatic N) is 1. The first-order chi connectivity index (χ1) is 7.65. The molecule has 6 nitrogen and oxygen atoms in total. The van der Waals surface area contributed by atoms with Crippen LogP contribution in [0.15, 0.2) is 17.2 Å². The molecule has 0 aliphatic heterocycles. The van der Waals surface area contributed by atoms with Crippen molar-refractivity contribution in [2.45, 2.75) is 13.3 Å². The maximum absolute atomic E-state index is 11.2. The molecule has 1 aromatic heterocycles. The van der Waals surface area contributed by atoms with Crippen LogP contribution in [0.25, 0.3) is 6.08 Å². The number of H-pyrrole nitrogens is 1. The van der Waals surface area contributed by atoms with Gasteiger partial charge in [0.1, 0.15) is 5.56 Å². The second kappa shape index (κ2) is 5.69. The van der Waals surface area contributed by atoms with Crippen molar-refractivity contribution in [3.8, 4) is 5.88 Å². The number of esters is 1. The van der Waals surface area contributed by atoms with Crippen LogP contribution >= 0.6 is 0 Å². The Morgan fingerprint density at radius 1 is 1.69 bits per heavy atom. The van der Waals surface area contributed by atoms with Gasteiger partial charge in [-0.1, -0.05) is 6.08 Å². The van der Waals surface area contributed by atoms with E-state index in [1.165, 1.54) is 12.2 Å². The summed E-state index contributed by atoms with van der Waals surface area (Å²) in [6.45, 7) is 2.02. The molecule has 16 heavy (non-hydrogen) atoms. The molecule has 6 heteroatoms. The second-order valence-electron chi connectivity index (χ2n) is 2.88. The third-order valence-electron chi connectivity index (χ3n) is 1.74. The Balaban J connectivity index is 2.70. The molecule has 0 unspecified atom stereocenters. The van der Waals surface area contributed by atoms with E-state index < -0.39 is 11.5 Å². The molecule has 1 rings (SSSR count). The number of rotatable bonds is 4. The maximum atomic E-state index is 11.2. The van der Waals surface area contributed by atoms with E-state index >= 15 is 0 Å². The molecular formula is C10H12N2O4. The van der Waals surface area contributed by atoms with E-state index in [2.05, 4.69) is 14.7 Å². The van der Waals surface area contributed by atoms with E-state index in [1.807, 2.05) is 0 Å². The molecule has 0 saturated heterocycles. The van der Waals surface area contributed by atoms with Crippen LogP contribution < -0.4 is 5.56 Å². The van der Waals surface area contributed by atoms with Gasteiger partial charge in [-0.05, 0) is 13.0 Å². The Bertz CT molecular complexity index is 450. The smallest absolute Gasteiger partial charge is 0.309 e. The summed E-state index contributed by atoms with van der Waals surface area (Å²) in [6.07, 6.45) is 3.91. The van der Waals surface area contributed by atoms with Gasteiger partial charge >= 0.3 is 5.97 Å². The summed E-state index contributed by atoms with van der Waals surface area (Å²) in [6, 6.07) is 0. The van der Waals surface area contributed by atoms with Gasteiger partial charge in [-0.15, -0.1) is 0 Å². The number of carbonyl (C=O) groups excluding carboxylic acids is 1. The van der Waals surface area contributed by atoms with E-state index in [0.717, 1.165) is 6.33 Å². The first-order valence-electron chi connectivity index (χ1n) is 4.74. The summed E-state index contributed by atoms with van der Waals surface area (Å²) < 4.78 is 4.69. The summed E-state index contributed by atoms with van der Waals surface area (Å²) in [5.41, 5.74) is -0.445. The Hall–Kier alpha value is -2.11. The van der Waals surface area contributed by atoms with Gasteiger partial charge in [0, 0.05) is 0 Å². The van der Waals surface area contributed by atoms with Crippen molar-refractivity contribution in [3.05, 3.63) is 28.3 Å². The fourth-order valence-corrected chi connectivity index (χ4v) is 1.04. The van der Waals surface area contributed by atoms with Gasteiger partial charge in [0.05, 0.1) is 19.4 Å². The summed E-state index contributed by atoms with van der Waals surface area (Å²) in [5.74, 6) is -0.762. The minimum atomic E-state index is -0.465. The monoisotopic (exact) mass is 224 g/mol. The summed E-state index contributed by atoms with van der Waals surface area (Å²) >= 11 is 0. The Kier molecular flexibility index (Phi) is 4.26. The van der Waals surface area contributed by atoms with Crippen LogP contribution in [0, 0.1) is 0 Å². The molecule has 0 fully saturated rings. The van der Waals surface area contributed by atoms with Crippen LogP contribution in [0.1, 0.15) is 18.9 Å². The second-order valence-corrected chi connectivity index (χ2v) is 2.88. The van der Waals surface area contributed by atoms with Gasteiger partial charge in [-0.2, -0.15) is 0 Å². The summed E-state index contributed by atoms with van der Waals surface area (Å²) in [4.78, 5) is 28.0. The van der Waals surface area contributed by atoms with Crippen LogP contribution in [0.2, 0.25) is 0 Å². The molecule has 1 heterocycles. The van der Waals surface area contributed by atoms with Crippen molar-refractivity contribution in [1.82, 2.24) is 9.97 Å². The highest BCUT2D eigenvalue weighted by Gasteiger charge is 2.03. The fourth-order valence-electron chi connectivity index (χ4n) is 1.04. The topological polar surface area (TPSA) is 92.3 Å². The van der Waals surface area contributed by atoms with Crippen molar-refractivity contribution >= 4 is 12.0 Å². The Morgan fingerprint density at radius 2 is 2.44 bits per heavy atom. The number of hydrogen-bond donors (Lipinski definition) is 2. The van der Waals surface area contributed by atoms with E-state index in [0.29, 0.717) is 6.61 Å². The number of aromatic amines is 1. The number of carbonyl (C=O) groups is 1. The molecule has 0 spiro atoms. The lowest BCUT2D eigenvalue weighted by Gasteiger charge is -1.97. The van der Waals surface area contributed by atoms with Gasteiger partial charge < -0.3 is 14.8 Å². The molecule has 0 saturated carbocycles. The predicted octanol–water partition coefficient (Wildman–Crippen LogP) is 0.442. The average Bonchev–Trinajstić information content (AvgIpc) is 2.23. The van der Waals surface area contributed by atoms with Crippen molar-refractivity contribution in [2.24, 2.45) is 0 Å². The molecule has 0 radical (unpaired) electrons. The van der Waals surface area contributed by atoms with E-state index in [-0.39, 0.29) is 17.9 Å². The van der Waals surface area contributed by atoms with Gasteiger partial charge in [-0.3, -0.25) is 9.59 Å². The standard InChI is InChI=1S/C10H12N2O4/c1-2-16-8(13)5-3-4-7-9(14)11-6-12-10(7)15/h3-4,6H,2,5H2,1H3,(H2,11,12,14,15). The summed E-state index contributed by atoms with van der Waals surface area (Å²) in [7, 11) is 0. The van der Waals surface area contributed by atoms with Crippen molar-refractivity contribution < 1.29 is 14.6 Å². The third kappa shape index (κ3) is 3.23. The minimum absolute atomic E-state index is 0.0202. The molecule has 0 aliphatic rings.